The second-order valence-electron chi connectivity index (χ2n) is 6.79. The zero-order valence-electron chi connectivity index (χ0n) is 15.6. The van der Waals surface area contributed by atoms with Gasteiger partial charge >= 0.3 is 0 Å². The largest absolute Gasteiger partial charge is 0.368 e. The third-order valence-corrected chi connectivity index (χ3v) is 4.73. The SMILES string of the molecule is NC(=O)CNC(=O)CC1C(=O)NCCN1Cc1ccc(-c2ccccc2)cc1. The number of benzene rings is 2. The van der Waals surface area contributed by atoms with E-state index in [2.05, 4.69) is 34.9 Å². The number of piperazine rings is 1. The van der Waals surface area contributed by atoms with Crippen LogP contribution in [0.25, 0.3) is 11.1 Å². The highest BCUT2D eigenvalue weighted by Crippen LogP contribution is 2.21. The summed E-state index contributed by atoms with van der Waals surface area (Å²) in [6.45, 7) is 1.53. The standard InChI is InChI=1S/C21H24N4O3/c22-19(26)13-24-20(27)12-18-21(28)23-10-11-25(18)14-15-6-8-17(9-7-15)16-4-2-1-3-5-16/h1-9,18H,10-14H2,(H2,22,26)(H,23,28)(H,24,27). The highest BCUT2D eigenvalue weighted by Gasteiger charge is 2.31. The molecule has 0 saturated carbocycles. The van der Waals surface area contributed by atoms with Gasteiger partial charge in [0.15, 0.2) is 0 Å². The van der Waals surface area contributed by atoms with Crippen LogP contribution in [0.1, 0.15) is 12.0 Å². The molecule has 1 saturated heterocycles. The maximum atomic E-state index is 12.3. The van der Waals surface area contributed by atoms with E-state index in [0.717, 1.165) is 16.7 Å². The van der Waals surface area contributed by atoms with Crippen molar-refractivity contribution < 1.29 is 14.4 Å². The predicted octanol–water partition coefficient (Wildman–Crippen LogP) is 0.646. The summed E-state index contributed by atoms with van der Waals surface area (Å²) in [6.07, 6.45) is -0.0127. The molecule has 7 nitrogen and oxygen atoms in total. The third-order valence-electron chi connectivity index (χ3n) is 4.73. The van der Waals surface area contributed by atoms with Crippen molar-refractivity contribution in [2.24, 2.45) is 5.73 Å². The van der Waals surface area contributed by atoms with Gasteiger partial charge in [-0.15, -0.1) is 0 Å². The average Bonchev–Trinajstić information content (AvgIpc) is 2.70. The fraction of sp³-hybridized carbons (Fsp3) is 0.286. The molecule has 7 heteroatoms. The Kier molecular flexibility index (Phi) is 6.39. The van der Waals surface area contributed by atoms with Gasteiger partial charge in [-0.1, -0.05) is 54.6 Å². The van der Waals surface area contributed by atoms with Gasteiger partial charge < -0.3 is 16.4 Å². The Bertz CT molecular complexity index is 836. The number of primary amides is 1. The van der Waals surface area contributed by atoms with Gasteiger partial charge in [-0.2, -0.15) is 0 Å². The summed E-state index contributed by atoms with van der Waals surface area (Å²) < 4.78 is 0. The number of carbonyl (C=O) groups is 3. The lowest BCUT2D eigenvalue weighted by Gasteiger charge is -2.34. The molecule has 3 rings (SSSR count). The molecule has 3 amide bonds. The molecule has 1 heterocycles. The van der Waals surface area contributed by atoms with Crippen molar-refractivity contribution in [3.63, 3.8) is 0 Å². The number of amides is 3. The molecule has 1 atom stereocenters. The minimum Gasteiger partial charge on any atom is -0.368 e. The minimum atomic E-state index is -0.614. The molecule has 0 radical (unpaired) electrons. The van der Waals surface area contributed by atoms with E-state index in [4.69, 9.17) is 5.73 Å². The molecule has 2 aromatic carbocycles. The van der Waals surface area contributed by atoms with E-state index in [1.165, 1.54) is 0 Å². The zero-order chi connectivity index (χ0) is 19.9. The number of hydrogen-bond donors (Lipinski definition) is 3. The van der Waals surface area contributed by atoms with Crippen LogP contribution in [0, 0.1) is 0 Å². The maximum Gasteiger partial charge on any atom is 0.237 e. The third kappa shape index (κ3) is 5.17. The molecule has 0 spiro atoms. The highest BCUT2D eigenvalue weighted by molar-refractivity contribution is 5.90. The van der Waals surface area contributed by atoms with Crippen molar-refractivity contribution in [1.82, 2.24) is 15.5 Å². The van der Waals surface area contributed by atoms with Gasteiger partial charge in [0.25, 0.3) is 0 Å². The first-order chi connectivity index (χ1) is 13.5. The van der Waals surface area contributed by atoms with Crippen LogP contribution in [-0.2, 0) is 20.9 Å². The fourth-order valence-electron chi connectivity index (χ4n) is 3.27. The summed E-state index contributed by atoms with van der Waals surface area (Å²) in [4.78, 5) is 37.1. The minimum absolute atomic E-state index is 0.0127. The number of nitrogens with two attached hydrogens (primary N) is 1. The van der Waals surface area contributed by atoms with Crippen LogP contribution in [0.3, 0.4) is 0 Å². The van der Waals surface area contributed by atoms with E-state index in [0.29, 0.717) is 19.6 Å². The molecule has 0 aliphatic carbocycles. The van der Waals surface area contributed by atoms with Crippen LogP contribution >= 0.6 is 0 Å². The predicted molar refractivity (Wildman–Crippen MR) is 106 cm³/mol. The van der Waals surface area contributed by atoms with Crippen LogP contribution in [0.5, 0.6) is 0 Å². The lowest BCUT2D eigenvalue weighted by molar-refractivity contribution is -0.134. The van der Waals surface area contributed by atoms with E-state index in [1.807, 2.05) is 35.2 Å². The van der Waals surface area contributed by atoms with Crippen molar-refractivity contribution in [1.29, 1.82) is 0 Å². The molecule has 28 heavy (non-hydrogen) atoms. The van der Waals surface area contributed by atoms with Gasteiger partial charge in [0, 0.05) is 19.6 Å². The van der Waals surface area contributed by atoms with E-state index in [9.17, 15) is 14.4 Å². The first-order valence-corrected chi connectivity index (χ1v) is 9.24. The topological polar surface area (TPSA) is 105 Å². The molecule has 1 unspecified atom stereocenters. The first kappa shape index (κ1) is 19.6. The Morgan fingerprint density at radius 1 is 1.07 bits per heavy atom. The molecule has 1 aliphatic heterocycles. The number of carbonyl (C=O) groups excluding carboxylic acids is 3. The number of nitrogens with one attached hydrogen (secondary N) is 2. The van der Waals surface area contributed by atoms with Gasteiger partial charge in [0.2, 0.25) is 17.7 Å². The summed E-state index contributed by atoms with van der Waals surface area (Å²) in [5.41, 5.74) is 8.38. The van der Waals surface area contributed by atoms with Crippen LogP contribution in [0.4, 0.5) is 0 Å². The Balaban J connectivity index is 1.66. The monoisotopic (exact) mass is 380 g/mol. The molecule has 146 valence electrons. The van der Waals surface area contributed by atoms with Crippen molar-refractivity contribution in [2.45, 2.75) is 19.0 Å². The molecule has 4 N–H and O–H groups in total. The summed E-state index contributed by atoms with van der Waals surface area (Å²) in [5.74, 6) is -1.16. The van der Waals surface area contributed by atoms with Crippen LogP contribution in [0.2, 0.25) is 0 Å². The van der Waals surface area contributed by atoms with Gasteiger partial charge in [-0.25, -0.2) is 0 Å². The van der Waals surface area contributed by atoms with Crippen LogP contribution < -0.4 is 16.4 Å². The Morgan fingerprint density at radius 2 is 1.75 bits per heavy atom. The van der Waals surface area contributed by atoms with E-state index in [1.54, 1.807) is 0 Å². The van der Waals surface area contributed by atoms with Gasteiger partial charge in [-0.3, -0.25) is 19.3 Å². The van der Waals surface area contributed by atoms with Gasteiger partial charge in [0.1, 0.15) is 0 Å². The molecule has 0 bridgehead atoms. The van der Waals surface area contributed by atoms with Crippen molar-refractivity contribution in [2.75, 3.05) is 19.6 Å². The second-order valence-corrected chi connectivity index (χ2v) is 6.79. The molecule has 1 fully saturated rings. The number of nitrogens with zero attached hydrogens (tertiary/aromatic N) is 1. The molecule has 1 aliphatic rings. The number of rotatable bonds is 7. The zero-order valence-corrected chi connectivity index (χ0v) is 15.6. The molecular weight excluding hydrogens is 356 g/mol. The summed E-state index contributed by atoms with van der Waals surface area (Å²) in [6, 6.07) is 17.7. The summed E-state index contributed by atoms with van der Waals surface area (Å²) >= 11 is 0. The van der Waals surface area contributed by atoms with Gasteiger partial charge in [0.05, 0.1) is 19.0 Å². The first-order valence-electron chi connectivity index (χ1n) is 9.24. The quantitative estimate of drug-likeness (QED) is 0.656. The number of hydrogen-bond acceptors (Lipinski definition) is 4. The Labute approximate surface area is 163 Å². The smallest absolute Gasteiger partial charge is 0.237 e. The molecular formula is C21H24N4O3. The van der Waals surface area contributed by atoms with Crippen LogP contribution in [-0.4, -0.2) is 48.3 Å². The van der Waals surface area contributed by atoms with Crippen molar-refractivity contribution in [3.8, 4) is 11.1 Å². The Hall–Kier alpha value is -3.19. The molecule has 2 aromatic rings. The van der Waals surface area contributed by atoms with E-state index >= 15 is 0 Å². The van der Waals surface area contributed by atoms with Gasteiger partial charge in [-0.05, 0) is 16.7 Å². The molecule has 0 aromatic heterocycles. The van der Waals surface area contributed by atoms with Crippen molar-refractivity contribution >= 4 is 17.7 Å². The Morgan fingerprint density at radius 3 is 2.43 bits per heavy atom. The van der Waals surface area contributed by atoms with Crippen molar-refractivity contribution in [3.05, 3.63) is 60.2 Å². The highest BCUT2D eigenvalue weighted by atomic mass is 16.2. The second kappa shape index (κ2) is 9.14. The van der Waals surface area contributed by atoms with E-state index < -0.39 is 11.9 Å². The lowest BCUT2D eigenvalue weighted by Crippen LogP contribution is -2.56. The van der Waals surface area contributed by atoms with Crippen LogP contribution in [0.15, 0.2) is 54.6 Å². The maximum absolute atomic E-state index is 12.3. The average molecular weight is 380 g/mol. The normalized spacial score (nSPS) is 17.0. The van der Waals surface area contributed by atoms with E-state index in [-0.39, 0.29) is 24.8 Å². The summed E-state index contributed by atoms with van der Waals surface area (Å²) in [5, 5.41) is 5.24. The fourth-order valence-corrected chi connectivity index (χ4v) is 3.27. The lowest BCUT2D eigenvalue weighted by atomic mass is 10.0. The summed E-state index contributed by atoms with van der Waals surface area (Å²) in [7, 11) is 0.